The molecule has 1 fully saturated rings. The summed E-state index contributed by atoms with van der Waals surface area (Å²) in [6, 6.07) is 9.90. The minimum absolute atomic E-state index is 0.0277. The number of carbonyl (C=O) groups is 1. The molecule has 6 nitrogen and oxygen atoms in total. The number of halogens is 2. The second-order valence-corrected chi connectivity index (χ2v) is 9.33. The maximum Gasteiger partial charge on any atom is 0.225 e. The number of carbonyl (C=O) groups excluding carboxylic acids is 1. The maximum atomic E-state index is 14.8. The first-order chi connectivity index (χ1) is 17.3. The first-order valence-electron chi connectivity index (χ1n) is 12.3. The molecule has 0 N–H and O–H groups in total. The van der Waals surface area contributed by atoms with Crippen molar-refractivity contribution in [2.45, 2.75) is 39.7 Å². The van der Waals surface area contributed by atoms with Gasteiger partial charge in [-0.25, -0.2) is 18.7 Å². The van der Waals surface area contributed by atoms with Gasteiger partial charge in [0, 0.05) is 46.0 Å². The number of hydrogen-bond acceptors (Lipinski definition) is 5. The molecule has 0 atom stereocenters. The summed E-state index contributed by atoms with van der Waals surface area (Å²) in [5, 5.41) is 0. The fourth-order valence-corrected chi connectivity index (χ4v) is 4.25. The van der Waals surface area contributed by atoms with Gasteiger partial charge in [0.2, 0.25) is 11.9 Å². The number of anilines is 1. The van der Waals surface area contributed by atoms with Crippen LogP contribution in [-0.4, -0.2) is 47.5 Å². The minimum atomic E-state index is -0.716. The van der Waals surface area contributed by atoms with Crippen molar-refractivity contribution in [3.8, 4) is 16.9 Å². The van der Waals surface area contributed by atoms with Crippen molar-refractivity contribution in [1.82, 2.24) is 14.9 Å². The van der Waals surface area contributed by atoms with E-state index in [1.54, 1.807) is 24.1 Å². The van der Waals surface area contributed by atoms with Crippen LogP contribution in [0.5, 0.6) is 5.75 Å². The van der Waals surface area contributed by atoms with E-state index in [1.165, 1.54) is 19.1 Å². The summed E-state index contributed by atoms with van der Waals surface area (Å²) < 4.78 is 35.2. The van der Waals surface area contributed by atoms with E-state index in [0.717, 1.165) is 49.4 Å². The molecule has 36 heavy (non-hydrogen) atoms. The van der Waals surface area contributed by atoms with Crippen LogP contribution in [-0.2, 0) is 17.8 Å². The van der Waals surface area contributed by atoms with E-state index < -0.39 is 11.6 Å². The van der Waals surface area contributed by atoms with Crippen LogP contribution >= 0.6 is 0 Å². The summed E-state index contributed by atoms with van der Waals surface area (Å²) in [6.07, 6.45) is 6.29. The number of rotatable bonds is 8. The molecule has 0 saturated carbocycles. The third-order valence-corrected chi connectivity index (χ3v) is 6.70. The predicted octanol–water partition coefficient (Wildman–Crippen LogP) is 5.26. The molecule has 0 spiro atoms. The van der Waals surface area contributed by atoms with Crippen LogP contribution in [0.3, 0.4) is 0 Å². The highest BCUT2D eigenvalue weighted by atomic mass is 19.1. The van der Waals surface area contributed by atoms with E-state index in [4.69, 9.17) is 4.74 Å². The zero-order valence-electron chi connectivity index (χ0n) is 21.0. The Morgan fingerprint density at radius 1 is 1.03 bits per heavy atom. The lowest BCUT2D eigenvalue weighted by molar-refractivity contribution is -0.128. The topological polar surface area (TPSA) is 58.6 Å². The summed E-state index contributed by atoms with van der Waals surface area (Å²) in [6.45, 7) is 5.87. The standard InChI is InChI=1S/C28H32F2N4O2/c1-4-20-15-31-28(32-16-20)34-11-9-22(10-12-34)18-36-27-25(29)13-24(14-26(27)30)23-7-5-21(6-8-23)17-33(3)19(2)35/h5-8,13-16,22H,4,9-12,17-18H2,1-3H3. The summed E-state index contributed by atoms with van der Waals surface area (Å²) in [5.74, 6) is -0.868. The molecule has 2 aromatic carbocycles. The van der Waals surface area contributed by atoms with Gasteiger partial charge < -0.3 is 14.5 Å². The summed E-state index contributed by atoms with van der Waals surface area (Å²) >= 11 is 0. The van der Waals surface area contributed by atoms with Crippen LogP contribution in [0, 0.1) is 17.6 Å². The van der Waals surface area contributed by atoms with E-state index in [2.05, 4.69) is 21.8 Å². The molecule has 4 rings (SSSR count). The number of ether oxygens (including phenoxy) is 1. The first-order valence-corrected chi connectivity index (χ1v) is 12.3. The highest BCUT2D eigenvalue weighted by Crippen LogP contribution is 2.30. The SMILES string of the molecule is CCc1cnc(N2CCC(COc3c(F)cc(-c4ccc(CN(C)C(C)=O)cc4)cc3F)CC2)nc1. The van der Waals surface area contributed by atoms with Gasteiger partial charge in [0.15, 0.2) is 17.4 Å². The van der Waals surface area contributed by atoms with E-state index in [1.807, 2.05) is 24.5 Å². The molecular weight excluding hydrogens is 462 g/mol. The molecule has 3 aromatic rings. The van der Waals surface area contributed by atoms with Gasteiger partial charge in [-0.05, 0) is 59.6 Å². The van der Waals surface area contributed by atoms with Crippen molar-refractivity contribution in [1.29, 1.82) is 0 Å². The molecule has 0 radical (unpaired) electrons. The summed E-state index contributed by atoms with van der Waals surface area (Å²) in [5.41, 5.74) is 3.17. The molecule has 1 aromatic heterocycles. The van der Waals surface area contributed by atoms with Crippen LogP contribution < -0.4 is 9.64 Å². The number of piperidine rings is 1. The van der Waals surface area contributed by atoms with E-state index >= 15 is 0 Å². The highest BCUT2D eigenvalue weighted by Gasteiger charge is 2.23. The molecule has 190 valence electrons. The second kappa shape index (κ2) is 11.5. The lowest BCUT2D eigenvalue weighted by Crippen LogP contribution is -2.36. The second-order valence-electron chi connectivity index (χ2n) is 9.33. The zero-order chi connectivity index (χ0) is 25.7. The number of aryl methyl sites for hydroxylation is 1. The van der Waals surface area contributed by atoms with E-state index in [-0.39, 0.29) is 24.2 Å². The molecule has 8 heteroatoms. The van der Waals surface area contributed by atoms with Gasteiger partial charge in [0.05, 0.1) is 6.61 Å². The van der Waals surface area contributed by atoms with Crippen molar-refractivity contribution in [2.75, 3.05) is 31.6 Å². The Morgan fingerprint density at radius 2 is 1.64 bits per heavy atom. The molecule has 1 aliphatic heterocycles. The summed E-state index contributed by atoms with van der Waals surface area (Å²) in [7, 11) is 1.72. The largest absolute Gasteiger partial charge is 0.487 e. The van der Waals surface area contributed by atoms with Gasteiger partial charge in [-0.2, -0.15) is 0 Å². The third kappa shape index (κ3) is 6.17. The van der Waals surface area contributed by atoms with Crippen molar-refractivity contribution in [3.63, 3.8) is 0 Å². The van der Waals surface area contributed by atoms with E-state index in [9.17, 15) is 13.6 Å². The van der Waals surface area contributed by atoms with Gasteiger partial charge in [0.1, 0.15) is 0 Å². The van der Waals surface area contributed by atoms with Gasteiger partial charge in [-0.15, -0.1) is 0 Å². The smallest absolute Gasteiger partial charge is 0.225 e. The number of benzene rings is 2. The Hall–Kier alpha value is -3.55. The number of nitrogens with zero attached hydrogens (tertiary/aromatic N) is 4. The zero-order valence-corrected chi connectivity index (χ0v) is 21.0. The molecule has 0 unspecified atom stereocenters. The Kier molecular flexibility index (Phi) is 8.13. The lowest BCUT2D eigenvalue weighted by Gasteiger charge is -2.31. The average molecular weight is 495 g/mol. The Balaban J connectivity index is 1.33. The number of hydrogen-bond donors (Lipinski definition) is 0. The molecule has 0 bridgehead atoms. The van der Waals surface area contributed by atoms with Crippen LogP contribution in [0.25, 0.3) is 11.1 Å². The Morgan fingerprint density at radius 3 is 2.19 bits per heavy atom. The molecular formula is C28H32F2N4O2. The van der Waals surface area contributed by atoms with Crippen molar-refractivity contribution < 1.29 is 18.3 Å². The monoisotopic (exact) mass is 494 g/mol. The predicted molar refractivity (Wildman–Crippen MR) is 136 cm³/mol. The fourth-order valence-electron chi connectivity index (χ4n) is 4.25. The number of amides is 1. The lowest BCUT2D eigenvalue weighted by atomic mass is 9.98. The van der Waals surface area contributed by atoms with Gasteiger partial charge in [-0.1, -0.05) is 31.2 Å². The first kappa shape index (κ1) is 25.5. The van der Waals surface area contributed by atoms with Crippen molar-refractivity contribution >= 4 is 11.9 Å². The van der Waals surface area contributed by atoms with Gasteiger partial charge >= 0.3 is 0 Å². The normalized spacial score (nSPS) is 14.1. The van der Waals surface area contributed by atoms with Crippen molar-refractivity contribution in [3.05, 3.63) is 71.6 Å². The van der Waals surface area contributed by atoms with Crippen LogP contribution in [0.4, 0.5) is 14.7 Å². The average Bonchev–Trinajstić information content (AvgIpc) is 2.89. The van der Waals surface area contributed by atoms with Crippen LogP contribution in [0.15, 0.2) is 48.8 Å². The van der Waals surface area contributed by atoms with E-state index in [0.29, 0.717) is 17.7 Å². The molecule has 0 aliphatic carbocycles. The molecule has 1 aliphatic rings. The molecule has 1 amide bonds. The highest BCUT2D eigenvalue weighted by molar-refractivity contribution is 5.73. The Bertz CT molecular complexity index is 1150. The fraction of sp³-hybridized carbons (Fsp3) is 0.393. The van der Waals surface area contributed by atoms with Crippen molar-refractivity contribution in [2.24, 2.45) is 5.92 Å². The molecule has 2 heterocycles. The van der Waals surface area contributed by atoms with Gasteiger partial charge in [0.25, 0.3) is 0 Å². The molecule has 1 saturated heterocycles. The minimum Gasteiger partial charge on any atom is -0.487 e. The third-order valence-electron chi connectivity index (χ3n) is 6.70. The maximum absolute atomic E-state index is 14.8. The van der Waals surface area contributed by atoms with Crippen LogP contribution in [0.2, 0.25) is 0 Å². The van der Waals surface area contributed by atoms with Crippen LogP contribution in [0.1, 0.15) is 37.8 Å². The summed E-state index contributed by atoms with van der Waals surface area (Å²) in [4.78, 5) is 24.0. The quantitative estimate of drug-likeness (QED) is 0.428. The van der Waals surface area contributed by atoms with Gasteiger partial charge in [-0.3, -0.25) is 4.79 Å². The number of aromatic nitrogens is 2. The Labute approximate surface area is 210 Å².